The zero-order chi connectivity index (χ0) is 15.6. The topological polar surface area (TPSA) is 66.4 Å². The molecule has 4 nitrogen and oxygen atoms in total. The summed E-state index contributed by atoms with van der Waals surface area (Å²) in [6.07, 6.45) is -0.862. The van der Waals surface area contributed by atoms with Crippen molar-refractivity contribution in [2.45, 2.75) is 17.9 Å². The summed E-state index contributed by atoms with van der Waals surface area (Å²) in [7, 11) is -4.11. The standard InChI is InChI=1S/C14H13ClFNO3S/c1-9(18)11-4-2-3-5-13(11)17-21(19,20)14-7-6-10(15)8-12(14)16/h2-9,17-18H,1H3. The molecule has 0 aliphatic heterocycles. The van der Waals surface area contributed by atoms with Crippen LogP contribution in [0.4, 0.5) is 10.1 Å². The molecule has 0 heterocycles. The third-order valence-corrected chi connectivity index (χ3v) is 4.47. The number of hydrogen-bond acceptors (Lipinski definition) is 3. The highest BCUT2D eigenvalue weighted by atomic mass is 35.5. The molecule has 0 amide bonds. The molecule has 2 aromatic rings. The minimum absolute atomic E-state index is 0.107. The second-order valence-electron chi connectivity index (χ2n) is 4.44. The fourth-order valence-electron chi connectivity index (χ4n) is 1.85. The van der Waals surface area contributed by atoms with E-state index in [1.54, 1.807) is 18.2 Å². The van der Waals surface area contributed by atoms with Gasteiger partial charge in [-0.3, -0.25) is 4.72 Å². The first-order valence-electron chi connectivity index (χ1n) is 6.06. The van der Waals surface area contributed by atoms with Gasteiger partial charge in [0.05, 0.1) is 11.8 Å². The first-order chi connectivity index (χ1) is 9.81. The highest BCUT2D eigenvalue weighted by Crippen LogP contribution is 2.26. The summed E-state index contributed by atoms with van der Waals surface area (Å²) in [5.74, 6) is -0.940. The SMILES string of the molecule is CC(O)c1ccccc1NS(=O)(=O)c1ccc(Cl)cc1F. The van der Waals surface area contributed by atoms with Crippen LogP contribution in [-0.2, 0) is 10.0 Å². The molecule has 7 heteroatoms. The Hall–Kier alpha value is -1.63. The molecule has 0 saturated carbocycles. The molecule has 0 radical (unpaired) electrons. The molecule has 0 fully saturated rings. The number of halogens is 2. The zero-order valence-corrected chi connectivity index (χ0v) is 12.6. The van der Waals surface area contributed by atoms with E-state index in [2.05, 4.69) is 4.72 Å². The van der Waals surface area contributed by atoms with E-state index in [4.69, 9.17) is 11.6 Å². The quantitative estimate of drug-likeness (QED) is 0.904. The number of aliphatic hydroxyl groups is 1. The molecule has 0 saturated heterocycles. The van der Waals surface area contributed by atoms with E-state index >= 15 is 0 Å². The molecule has 0 spiro atoms. The number of benzene rings is 2. The first kappa shape index (κ1) is 15.8. The van der Waals surface area contributed by atoms with Gasteiger partial charge in [-0.05, 0) is 31.2 Å². The van der Waals surface area contributed by atoms with Gasteiger partial charge in [0.1, 0.15) is 10.7 Å². The van der Waals surface area contributed by atoms with Crippen molar-refractivity contribution in [1.29, 1.82) is 0 Å². The van der Waals surface area contributed by atoms with E-state index in [1.807, 2.05) is 0 Å². The van der Waals surface area contributed by atoms with E-state index in [0.717, 1.165) is 12.1 Å². The maximum atomic E-state index is 13.8. The van der Waals surface area contributed by atoms with Gasteiger partial charge in [0.25, 0.3) is 10.0 Å². The fourth-order valence-corrected chi connectivity index (χ4v) is 3.15. The maximum Gasteiger partial charge on any atom is 0.264 e. The molecule has 21 heavy (non-hydrogen) atoms. The van der Waals surface area contributed by atoms with Crippen molar-refractivity contribution >= 4 is 27.3 Å². The molecule has 0 aromatic heterocycles. The van der Waals surface area contributed by atoms with E-state index in [9.17, 15) is 17.9 Å². The molecular formula is C14H13ClFNO3S. The van der Waals surface area contributed by atoms with Crippen molar-refractivity contribution in [2.24, 2.45) is 0 Å². The third-order valence-electron chi connectivity index (χ3n) is 2.84. The van der Waals surface area contributed by atoms with Crippen LogP contribution < -0.4 is 4.72 Å². The van der Waals surface area contributed by atoms with Crippen LogP contribution in [0.1, 0.15) is 18.6 Å². The van der Waals surface area contributed by atoms with Crippen molar-refractivity contribution in [3.63, 3.8) is 0 Å². The van der Waals surface area contributed by atoms with E-state index in [-0.39, 0.29) is 10.7 Å². The lowest BCUT2D eigenvalue weighted by atomic mass is 10.1. The second kappa shape index (κ2) is 6.01. The predicted octanol–water partition coefficient (Wildman–Crippen LogP) is 3.33. The molecule has 2 N–H and O–H groups in total. The summed E-state index contributed by atoms with van der Waals surface area (Å²) >= 11 is 5.61. The van der Waals surface area contributed by atoms with Gasteiger partial charge in [-0.2, -0.15) is 0 Å². The number of sulfonamides is 1. The Bertz CT molecular complexity index is 763. The summed E-state index contributed by atoms with van der Waals surface area (Å²) in [5.41, 5.74) is 0.595. The normalized spacial score (nSPS) is 13.0. The number of hydrogen-bond donors (Lipinski definition) is 2. The third kappa shape index (κ3) is 3.53. The molecule has 2 aromatic carbocycles. The van der Waals surface area contributed by atoms with Gasteiger partial charge in [-0.15, -0.1) is 0 Å². The molecule has 0 aliphatic rings. The maximum absolute atomic E-state index is 13.8. The van der Waals surface area contributed by atoms with Crippen LogP contribution in [0.25, 0.3) is 0 Å². The predicted molar refractivity (Wildman–Crippen MR) is 79.3 cm³/mol. The van der Waals surface area contributed by atoms with Gasteiger partial charge in [-0.25, -0.2) is 12.8 Å². The Morgan fingerprint density at radius 1 is 1.24 bits per heavy atom. The molecule has 1 atom stereocenters. The lowest BCUT2D eigenvalue weighted by molar-refractivity contribution is 0.200. The summed E-state index contributed by atoms with van der Waals surface area (Å²) in [5, 5.41) is 9.74. The van der Waals surface area contributed by atoms with Crippen LogP contribution in [0.15, 0.2) is 47.4 Å². The smallest absolute Gasteiger partial charge is 0.264 e. The van der Waals surface area contributed by atoms with Crippen molar-refractivity contribution in [3.8, 4) is 0 Å². The van der Waals surface area contributed by atoms with Crippen LogP contribution >= 0.6 is 11.6 Å². The average molecular weight is 330 g/mol. The zero-order valence-electron chi connectivity index (χ0n) is 11.0. The Balaban J connectivity index is 2.43. The molecule has 112 valence electrons. The van der Waals surface area contributed by atoms with Gasteiger partial charge in [0, 0.05) is 10.6 Å². The van der Waals surface area contributed by atoms with Crippen LogP contribution in [0.5, 0.6) is 0 Å². The molecule has 0 bridgehead atoms. The Kier molecular flexibility index (Phi) is 4.51. The summed E-state index contributed by atoms with van der Waals surface area (Å²) in [4.78, 5) is -0.507. The molecule has 2 rings (SSSR count). The Labute approximate surface area is 127 Å². The minimum Gasteiger partial charge on any atom is -0.389 e. The van der Waals surface area contributed by atoms with Crippen LogP contribution in [0, 0.1) is 5.82 Å². The van der Waals surface area contributed by atoms with Gasteiger partial charge in [0.15, 0.2) is 0 Å². The first-order valence-corrected chi connectivity index (χ1v) is 7.92. The lowest BCUT2D eigenvalue weighted by Gasteiger charge is -2.14. The number of aliphatic hydroxyl groups excluding tert-OH is 1. The highest BCUT2D eigenvalue weighted by Gasteiger charge is 2.21. The molecule has 1 unspecified atom stereocenters. The summed E-state index contributed by atoms with van der Waals surface area (Å²) in [6, 6.07) is 9.67. The van der Waals surface area contributed by atoms with E-state index < -0.39 is 26.8 Å². The van der Waals surface area contributed by atoms with Crippen LogP contribution in [0.3, 0.4) is 0 Å². The summed E-state index contributed by atoms with van der Waals surface area (Å²) in [6.45, 7) is 1.51. The molecule has 0 aliphatic carbocycles. The summed E-state index contributed by atoms with van der Waals surface area (Å²) < 4.78 is 40.5. The fraction of sp³-hybridized carbons (Fsp3) is 0.143. The van der Waals surface area contributed by atoms with Crippen LogP contribution in [-0.4, -0.2) is 13.5 Å². The monoisotopic (exact) mass is 329 g/mol. The minimum atomic E-state index is -4.11. The van der Waals surface area contributed by atoms with Gasteiger partial charge in [0.2, 0.25) is 0 Å². The number of nitrogens with one attached hydrogen (secondary N) is 1. The molecular weight excluding hydrogens is 317 g/mol. The largest absolute Gasteiger partial charge is 0.389 e. The number of para-hydroxylation sites is 1. The van der Waals surface area contributed by atoms with Crippen molar-refractivity contribution < 1.29 is 17.9 Å². The second-order valence-corrected chi connectivity index (χ2v) is 6.53. The van der Waals surface area contributed by atoms with Crippen molar-refractivity contribution in [3.05, 3.63) is 58.9 Å². The lowest BCUT2D eigenvalue weighted by Crippen LogP contribution is -2.16. The van der Waals surface area contributed by atoms with E-state index in [1.165, 1.54) is 19.1 Å². The number of rotatable bonds is 4. The van der Waals surface area contributed by atoms with Crippen LogP contribution in [0.2, 0.25) is 5.02 Å². The van der Waals surface area contributed by atoms with Gasteiger partial charge in [-0.1, -0.05) is 29.8 Å². The Morgan fingerprint density at radius 2 is 1.90 bits per heavy atom. The van der Waals surface area contributed by atoms with Crippen molar-refractivity contribution in [1.82, 2.24) is 0 Å². The number of anilines is 1. The average Bonchev–Trinajstić information content (AvgIpc) is 2.37. The Morgan fingerprint density at radius 3 is 2.52 bits per heavy atom. The van der Waals surface area contributed by atoms with Crippen molar-refractivity contribution in [2.75, 3.05) is 4.72 Å². The highest BCUT2D eigenvalue weighted by molar-refractivity contribution is 7.92. The van der Waals surface area contributed by atoms with Gasteiger partial charge >= 0.3 is 0 Å². The van der Waals surface area contributed by atoms with E-state index in [0.29, 0.717) is 5.56 Å². The van der Waals surface area contributed by atoms with Gasteiger partial charge < -0.3 is 5.11 Å².